The minimum absolute atomic E-state index is 0.0394. The summed E-state index contributed by atoms with van der Waals surface area (Å²) < 4.78 is 4.89. The van der Waals surface area contributed by atoms with E-state index in [2.05, 4.69) is 4.84 Å². The molecule has 0 unspecified atom stereocenters. The molecule has 0 saturated heterocycles. The summed E-state index contributed by atoms with van der Waals surface area (Å²) in [6.07, 6.45) is 2.99. The van der Waals surface area contributed by atoms with E-state index >= 15 is 0 Å². The fourth-order valence-electron chi connectivity index (χ4n) is 1.02. The Balaban J connectivity index is 3.18. The SMILES string of the molecule is NCCCCC(=O)OCCCCO[N+](=O)[O-]. The van der Waals surface area contributed by atoms with Crippen molar-refractivity contribution in [2.24, 2.45) is 5.73 Å². The molecule has 94 valence electrons. The smallest absolute Gasteiger partial charge is 0.305 e. The van der Waals surface area contributed by atoms with E-state index in [4.69, 9.17) is 10.5 Å². The number of ether oxygens (including phenoxy) is 1. The van der Waals surface area contributed by atoms with Crippen molar-refractivity contribution in [3.63, 3.8) is 0 Å². The Kier molecular flexibility index (Phi) is 9.29. The van der Waals surface area contributed by atoms with E-state index < -0.39 is 5.09 Å². The highest BCUT2D eigenvalue weighted by atomic mass is 16.9. The second-order valence-electron chi connectivity index (χ2n) is 3.23. The lowest BCUT2D eigenvalue weighted by molar-refractivity contribution is -0.757. The lowest BCUT2D eigenvalue weighted by Crippen LogP contribution is -2.08. The van der Waals surface area contributed by atoms with Gasteiger partial charge in [0.2, 0.25) is 0 Å². The van der Waals surface area contributed by atoms with E-state index in [1.807, 2.05) is 0 Å². The molecule has 0 aromatic carbocycles. The number of rotatable bonds is 10. The van der Waals surface area contributed by atoms with Gasteiger partial charge in [0.15, 0.2) is 0 Å². The molecule has 0 heterocycles. The third-order valence-electron chi connectivity index (χ3n) is 1.83. The van der Waals surface area contributed by atoms with Crippen LogP contribution in [0, 0.1) is 10.1 Å². The van der Waals surface area contributed by atoms with Crippen molar-refractivity contribution >= 4 is 5.97 Å². The highest BCUT2D eigenvalue weighted by molar-refractivity contribution is 5.69. The number of unbranched alkanes of at least 4 members (excludes halogenated alkanes) is 2. The first-order valence-corrected chi connectivity index (χ1v) is 5.30. The summed E-state index contributed by atoms with van der Waals surface area (Å²) in [6.45, 7) is 0.895. The summed E-state index contributed by atoms with van der Waals surface area (Å²) in [5.41, 5.74) is 5.27. The molecule has 0 aromatic rings. The van der Waals surface area contributed by atoms with E-state index in [0.29, 0.717) is 25.8 Å². The minimum Gasteiger partial charge on any atom is -0.466 e. The Hall–Kier alpha value is -1.37. The van der Waals surface area contributed by atoms with Crippen LogP contribution in [0.5, 0.6) is 0 Å². The van der Waals surface area contributed by atoms with E-state index in [1.54, 1.807) is 0 Å². The molecule has 2 N–H and O–H groups in total. The second kappa shape index (κ2) is 10.2. The normalized spacial score (nSPS) is 9.81. The van der Waals surface area contributed by atoms with E-state index in [-0.39, 0.29) is 19.2 Å². The molecule has 0 aliphatic carbocycles. The standard InChI is InChI=1S/C9H18N2O5/c10-6-2-1-5-9(12)15-7-3-4-8-16-11(13)14/h1-8,10H2. The molecular formula is C9H18N2O5. The topological polar surface area (TPSA) is 105 Å². The fraction of sp³-hybridized carbons (Fsp3) is 0.889. The van der Waals surface area contributed by atoms with Crippen molar-refractivity contribution in [3.8, 4) is 0 Å². The molecule has 0 atom stereocenters. The molecule has 0 aliphatic rings. The Morgan fingerprint density at radius 2 is 1.88 bits per heavy atom. The average Bonchev–Trinajstić information content (AvgIpc) is 2.23. The van der Waals surface area contributed by atoms with Crippen molar-refractivity contribution in [3.05, 3.63) is 10.1 Å². The number of carbonyl (C=O) groups is 1. The molecule has 0 aliphatic heterocycles. The molecule has 0 spiro atoms. The zero-order valence-corrected chi connectivity index (χ0v) is 9.22. The third-order valence-corrected chi connectivity index (χ3v) is 1.83. The summed E-state index contributed by atoms with van der Waals surface area (Å²) in [5, 5.41) is 8.94. The number of hydrogen-bond acceptors (Lipinski definition) is 6. The third kappa shape index (κ3) is 10.7. The van der Waals surface area contributed by atoms with E-state index in [0.717, 1.165) is 12.8 Å². The highest BCUT2D eigenvalue weighted by Gasteiger charge is 2.02. The van der Waals surface area contributed by atoms with Crippen molar-refractivity contribution < 1.29 is 19.5 Å². The van der Waals surface area contributed by atoms with Crippen LogP contribution in [0.2, 0.25) is 0 Å². The van der Waals surface area contributed by atoms with Crippen LogP contribution >= 0.6 is 0 Å². The van der Waals surface area contributed by atoms with Gasteiger partial charge in [-0.1, -0.05) is 0 Å². The van der Waals surface area contributed by atoms with Crippen molar-refractivity contribution in [1.29, 1.82) is 0 Å². The first kappa shape index (κ1) is 14.6. The number of carbonyl (C=O) groups excluding carboxylic acids is 1. The molecule has 0 fully saturated rings. The van der Waals surface area contributed by atoms with Gasteiger partial charge < -0.3 is 15.3 Å². The quantitative estimate of drug-likeness (QED) is 0.257. The zero-order chi connectivity index (χ0) is 12.2. The summed E-state index contributed by atoms with van der Waals surface area (Å²) in [5.74, 6) is -0.247. The van der Waals surface area contributed by atoms with Gasteiger partial charge in [0.25, 0.3) is 5.09 Å². The molecule has 16 heavy (non-hydrogen) atoms. The molecule has 0 aromatic heterocycles. The van der Waals surface area contributed by atoms with Crippen LogP contribution in [0.4, 0.5) is 0 Å². The molecule has 0 saturated carbocycles. The first-order chi connectivity index (χ1) is 7.66. The van der Waals surface area contributed by atoms with Crippen molar-refractivity contribution in [1.82, 2.24) is 0 Å². The van der Waals surface area contributed by atoms with Crippen LogP contribution in [0.25, 0.3) is 0 Å². The van der Waals surface area contributed by atoms with Crippen LogP contribution in [0.3, 0.4) is 0 Å². The highest BCUT2D eigenvalue weighted by Crippen LogP contribution is 1.98. The Morgan fingerprint density at radius 1 is 1.19 bits per heavy atom. The van der Waals surface area contributed by atoms with Gasteiger partial charge >= 0.3 is 5.97 Å². The summed E-state index contributed by atoms with van der Waals surface area (Å²) in [7, 11) is 0. The minimum atomic E-state index is -0.834. The molecule has 0 amide bonds. The van der Waals surface area contributed by atoms with Gasteiger partial charge in [-0.2, -0.15) is 0 Å². The van der Waals surface area contributed by atoms with Gasteiger partial charge in [-0.15, -0.1) is 10.1 Å². The average molecular weight is 234 g/mol. The molecule has 7 heteroatoms. The molecular weight excluding hydrogens is 216 g/mol. The van der Waals surface area contributed by atoms with E-state index in [1.165, 1.54) is 0 Å². The molecule has 0 bridgehead atoms. The zero-order valence-electron chi connectivity index (χ0n) is 9.22. The fourth-order valence-corrected chi connectivity index (χ4v) is 1.02. The van der Waals surface area contributed by atoms with Gasteiger partial charge in [-0.25, -0.2) is 0 Å². The monoisotopic (exact) mass is 234 g/mol. The maximum atomic E-state index is 11.1. The van der Waals surface area contributed by atoms with Crippen LogP contribution < -0.4 is 5.73 Å². The number of nitrogens with zero attached hydrogens (tertiary/aromatic N) is 1. The predicted octanol–water partition coefficient (Wildman–Crippen LogP) is 0.647. The maximum absolute atomic E-state index is 11.1. The molecule has 7 nitrogen and oxygen atoms in total. The van der Waals surface area contributed by atoms with E-state index in [9.17, 15) is 14.9 Å². The lowest BCUT2D eigenvalue weighted by Gasteiger charge is -2.04. The second-order valence-corrected chi connectivity index (χ2v) is 3.23. The van der Waals surface area contributed by atoms with Crippen LogP contribution in [-0.4, -0.2) is 30.8 Å². The van der Waals surface area contributed by atoms with Crippen LogP contribution in [0.1, 0.15) is 32.1 Å². The summed E-state index contributed by atoms with van der Waals surface area (Å²) in [6, 6.07) is 0. The summed E-state index contributed by atoms with van der Waals surface area (Å²) in [4.78, 5) is 24.9. The van der Waals surface area contributed by atoms with Gasteiger partial charge in [0, 0.05) is 6.42 Å². The van der Waals surface area contributed by atoms with Gasteiger partial charge in [-0.05, 0) is 32.2 Å². The molecule has 0 rings (SSSR count). The number of nitrogens with two attached hydrogens (primary N) is 1. The van der Waals surface area contributed by atoms with Crippen LogP contribution in [0.15, 0.2) is 0 Å². The Labute approximate surface area is 94.0 Å². The van der Waals surface area contributed by atoms with Crippen molar-refractivity contribution in [2.45, 2.75) is 32.1 Å². The summed E-state index contributed by atoms with van der Waals surface area (Å²) >= 11 is 0. The van der Waals surface area contributed by atoms with Gasteiger partial charge in [0.05, 0.1) is 13.2 Å². The predicted molar refractivity (Wildman–Crippen MR) is 56.0 cm³/mol. The van der Waals surface area contributed by atoms with Gasteiger partial charge in [-0.3, -0.25) is 4.79 Å². The van der Waals surface area contributed by atoms with Crippen molar-refractivity contribution in [2.75, 3.05) is 19.8 Å². The number of esters is 1. The Bertz CT molecular complexity index is 210. The number of hydrogen-bond donors (Lipinski definition) is 1. The first-order valence-electron chi connectivity index (χ1n) is 5.30. The maximum Gasteiger partial charge on any atom is 0.305 e. The lowest BCUT2D eigenvalue weighted by atomic mass is 10.2. The molecule has 0 radical (unpaired) electrons. The largest absolute Gasteiger partial charge is 0.466 e. The van der Waals surface area contributed by atoms with Crippen LogP contribution in [-0.2, 0) is 14.4 Å². The van der Waals surface area contributed by atoms with Gasteiger partial charge in [0.1, 0.15) is 0 Å². The Morgan fingerprint density at radius 3 is 2.50 bits per heavy atom.